The Kier molecular flexibility index (Phi) is 2.93. The third-order valence-electron chi connectivity index (χ3n) is 3.61. The number of hydrogen-bond acceptors (Lipinski definition) is 2. The van der Waals surface area contributed by atoms with E-state index in [1.165, 1.54) is 46.0 Å². The topological polar surface area (TPSA) is 12.0 Å². The summed E-state index contributed by atoms with van der Waals surface area (Å²) in [4.78, 5) is 0. The second kappa shape index (κ2) is 4.43. The molecule has 1 aromatic carbocycles. The molecule has 1 aliphatic carbocycles. The van der Waals surface area contributed by atoms with Gasteiger partial charge in [0.2, 0.25) is 0 Å². The first-order chi connectivity index (χ1) is 8.25. The van der Waals surface area contributed by atoms with Crippen LogP contribution in [0.5, 0.6) is 0 Å². The van der Waals surface area contributed by atoms with Gasteiger partial charge in [0.05, 0.1) is 0 Å². The van der Waals surface area contributed by atoms with Crippen molar-refractivity contribution in [1.82, 2.24) is 5.32 Å². The second-order valence-corrected chi connectivity index (χ2v) is 6.02. The normalized spacial score (nSPS) is 15.6. The third-order valence-corrected chi connectivity index (χ3v) is 4.77. The molecular formula is C15H19NS. The van der Waals surface area contributed by atoms with E-state index in [1.54, 1.807) is 0 Å². The van der Waals surface area contributed by atoms with Crippen LogP contribution >= 0.6 is 11.3 Å². The summed E-state index contributed by atoms with van der Waals surface area (Å²) in [6.45, 7) is 5.57. The number of aryl methyl sites for hydroxylation is 2. The Morgan fingerprint density at radius 2 is 2.00 bits per heavy atom. The molecule has 1 heterocycles. The van der Waals surface area contributed by atoms with Crippen LogP contribution in [0.2, 0.25) is 0 Å². The highest BCUT2D eigenvalue weighted by molar-refractivity contribution is 7.17. The summed E-state index contributed by atoms with van der Waals surface area (Å²) in [7, 11) is 0. The lowest BCUT2D eigenvalue weighted by Crippen LogP contribution is -2.19. The Hall–Kier alpha value is -0.860. The minimum atomic E-state index is 0.822. The van der Waals surface area contributed by atoms with Gasteiger partial charge in [-0.3, -0.25) is 0 Å². The lowest BCUT2D eigenvalue weighted by Gasteiger charge is -2.05. The standard InChI is InChI=1S/C15H19NS/c1-10-3-4-11(2)15-14(10)12(9-17-15)7-8-16-13-5-6-13/h3-4,9,13,16H,5-8H2,1-2H3. The highest BCUT2D eigenvalue weighted by Gasteiger charge is 2.19. The van der Waals surface area contributed by atoms with Crippen molar-refractivity contribution in [2.45, 2.75) is 39.2 Å². The average Bonchev–Trinajstić information content (AvgIpc) is 3.03. The van der Waals surface area contributed by atoms with Crippen LogP contribution in [-0.2, 0) is 6.42 Å². The van der Waals surface area contributed by atoms with Crippen molar-refractivity contribution in [3.05, 3.63) is 34.2 Å². The van der Waals surface area contributed by atoms with Crippen molar-refractivity contribution in [3.63, 3.8) is 0 Å². The second-order valence-electron chi connectivity index (χ2n) is 5.14. The lowest BCUT2D eigenvalue weighted by molar-refractivity contribution is 0.684. The molecule has 0 aliphatic heterocycles. The minimum absolute atomic E-state index is 0.822. The molecule has 90 valence electrons. The number of thiophene rings is 1. The number of nitrogens with one attached hydrogen (secondary N) is 1. The van der Waals surface area contributed by atoms with Crippen LogP contribution in [0.15, 0.2) is 17.5 Å². The van der Waals surface area contributed by atoms with Crippen molar-refractivity contribution in [2.75, 3.05) is 6.54 Å². The first-order valence-electron chi connectivity index (χ1n) is 6.45. The molecule has 1 fully saturated rings. The average molecular weight is 245 g/mol. The molecule has 1 N–H and O–H groups in total. The number of rotatable bonds is 4. The van der Waals surface area contributed by atoms with Crippen LogP contribution in [-0.4, -0.2) is 12.6 Å². The van der Waals surface area contributed by atoms with Crippen LogP contribution in [0.1, 0.15) is 29.5 Å². The zero-order valence-corrected chi connectivity index (χ0v) is 11.4. The fourth-order valence-corrected chi connectivity index (χ4v) is 3.57. The zero-order chi connectivity index (χ0) is 11.8. The molecule has 0 saturated heterocycles. The largest absolute Gasteiger partial charge is 0.314 e. The van der Waals surface area contributed by atoms with Gasteiger partial charge in [-0.15, -0.1) is 11.3 Å². The van der Waals surface area contributed by atoms with Gasteiger partial charge in [-0.25, -0.2) is 0 Å². The summed E-state index contributed by atoms with van der Waals surface area (Å²) >= 11 is 1.90. The molecule has 1 nitrogen and oxygen atoms in total. The maximum Gasteiger partial charge on any atom is 0.0377 e. The number of benzene rings is 1. The molecule has 2 heteroatoms. The lowest BCUT2D eigenvalue weighted by atomic mass is 10.0. The van der Waals surface area contributed by atoms with Gasteiger partial charge in [0, 0.05) is 10.7 Å². The van der Waals surface area contributed by atoms with Gasteiger partial charge < -0.3 is 5.32 Å². The number of hydrogen-bond donors (Lipinski definition) is 1. The first kappa shape index (κ1) is 11.2. The van der Waals surface area contributed by atoms with E-state index < -0.39 is 0 Å². The molecule has 0 spiro atoms. The Bertz CT molecular complexity index is 537. The van der Waals surface area contributed by atoms with Crippen molar-refractivity contribution >= 4 is 21.4 Å². The van der Waals surface area contributed by atoms with E-state index in [1.807, 2.05) is 11.3 Å². The minimum Gasteiger partial charge on any atom is -0.314 e. The Labute approximate surface area is 107 Å². The van der Waals surface area contributed by atoms with E-state index in [0.717, 1.165) is 12.6 Å². The van der Waals surface area contributed by atoms with Crippen molar-refractivity contribution in [3.8, 4) is 0 Å². The van der Waals surface area contributed by atoms with Gasteiger partial charge in [-0.05, 0) is 67.1 Å². The van der Waals surface area contributed by atoms with E-state index in [4.69, 9.17) is 0 Å². The Morgan fingerprint density at radius 3 is 2.76 bits per heavy atom. The molecule has 0 bridgehead atoms. The molecule has 0 amide bonds. The summed E-state index contributed by atoms with van der Waals surface area (Å²) < 4.78 is 1.48. The number of fused-ring (bicyclic) bond motifs is 1. The van der Waals surface area contributed by atoms with Gasteiger partial charge in [0.25, 0.3) is 0 Å². The first-order valence-corrected chi connectivity index (χ1v) is 7.33. The van der Waals surface area contributed by atoms with Gasteiger partial charge in [-0.2, -0.15) is 0 Å². The van der Waals surface area contributed by atoms with Crippen molar-refractivity contribution in [2.24, 2.45) is 0 Å². The van der Waals surface area contributed by atoms with E-state index in [-0.39, 0.29) is 0 Å². The summed E-state index contributed by atoms with van der Waals surface area (Å²) in [6.07, 6.45) is 3.92. The SMILES string of the molecule is Cc1ccc(C)c2c(CCNC3CC3)csc12. The molecule has 1 aliphatic rings. The molecule has 0 radical (unpaired) electrons. The third kappa shape index (κ3) is 2.24. The summed E-state index contributed by atoms with van der Waals surface area (Å²) in [6, 6.07) is 5.31. The molecule has 2 aromatic rings. The predicted molar refractivity (Wildman–Crippen MR) is 76.0 cm³/mol. The molecule has 0 atom stereocenters. The van der Waals surface area contributed by atoms with Crippen molar-refractivity contribution < 1.29 is 0 Å². The van der Waals surface area contributed by atoms with E-state index in [9.17, 15) is 0 Å². The summed E-state index contributed by atoms with van der Waals surface area (Å²) in [5.74, 6) is 0. The van der Waals surface area contributed by atoms with Crippen LogP contribution in [0.25, 0.3) is 10.1 Å². The maximum atomic E-state index is 3.60. The van der Waals surface area contributed by atoms with E-state index in [0.29, 0.717) is 0 Å². The zero-order valence-electron chi connectivity index (χ0n) is 10.5. The monoisotopic (exact) mass is 245 g/mol. The molecule has 3 rings (SSSR count). The van der Waals surface area contributed by atoms with Crippen LogP contribution < -0.4 is 5.32 Å². The van der Waals surface area contributed by atoms with Crippen LogP contribution in [0, 0.1) is 13.8 Å². The van der Waals surface area contributed by atoms with Gasteiger partial charge in [0.15, 0.2) is 0 Å². The van der Waals surface area contributed by atoms with Gasteiger partial charge >= 0.3 is 0 Å². The maximum absolute atomic E-state index is 3.60. The molecular weight excluding hydrogens is 226 g/mol. The van der Waals surface area contributed by atoms with Crippen molar-refractivity contribution in [1.29, 1.82) is 0 Å². The van der Waals surface area contributed by atoms with Gasteiger partial charge in [-0.1, -0.05) is 12.1 Å². The molecule has 1 aromatic heterocycles. The summed E-state index contributed by atoms with van der Waals surface area (Å²) in [5.41, 5.74) is 4.37. The Balaban J connectivity index is 1.85. The fourth-order valence-electron chi connectivity index (χ4n) is 2.41. The molecule has 1 saturated carbocycles. The van der Waals surface area contributed by atoms with E-state index >= 15 is 0 Å². The fraction of sp³-hybridized carbons (Fsp3) is 0.467. The summed E-state index contributed by atoms with van der Waals surface area (Å²) in [5, 5.41) is 7.45. The molecule has 0 unspecified atom stereocenters. The van der Waals surface area contributed by atoms with Gasteiger partial charge in [0.1, 0.15) is 0 Å². The Morgan fingerprint density at radius 1 is 1.24 bits per heavy atom. The molecule has 17 heavy (non-hydrogen) atoms. The highest BCUT2D eigenvalue weighted by Crippen LogP contribution is 2.31. The quantitative estimate of drug-likeness (QED) is 0.863. The van der Waals surface area contributed by atoms with E-state index in [2.05, 4.69) is 36.7 Å². The smallest absolute Gasteiger partial charge is 0.0377 e. The van der Waals surface area contributed by atoms with Crippen LogP contribution in [0.3, 0.4) is 0 Å². The predicted octanol–water partition coefficient (Wildman–Crippen LogP) is 3.81. The van der Waals surface area contributed by atoms with Crippen LogP contribution in [0.4, 0.5) is 0 Å². The highest BCUT2D eigenvalue weighted by atomic mass is 32.1.